The van der Waals surface area contributed by atoms with Gasteiger partial charge in [0.2, 0.25) is 0 Å². The molecule has 0 radical (unpaired) electrons. The van der Waals surface area contributed by atoms with E-state index in [-0.39, 0.29) is 5.91 Å². The molecule has 1 fully saturated rings. The number of pyridine rings is 1. The van der Waals surface area contributed by atoms with E-state index in [9.17, 15) is 4.79 Å². The molecule has 0 saturated carbocycles. The van der Waals surface area contributed by atoms with Crippen LogP contribution in [0.5, 0.6) is 0 Å². The summed E-state index contributed by atoms with van der Waals surface area (Å²) in [6.45, 7) is 5.16. The first-order chi connectivity index (χ1) is 12.2. The molecule has 0 bridgehead atoms. The van der Waals surface area contributed by atoms with Gasteiger partial charge in [-0.1, -0.05) is 11.6 Å². The van der Waals surface area contributed by atoms with Gasteiger partial charge in [0.1, 0.15) is 11.5 Å². The third-order valence-electron chi connectivity index (χ3n) is 4.36. The molecule has 3 heterocycles. The third kappa shape index (κ3) is 3.34. The summed E-state index contributed by atoms with van der Waals surface area (Å²) in [6, 6.07) is 11.7. The quantitative estimate of drug-likeness (QED) is 0.771. The number of carbonyl (C=O) groups is 1. The number of hydrogen-bond acceptors (Lipinski definition) is 4. The van der Waals surface area contributed by atoms with Crippen LogP contribution in [0.25, 0.3) is 10.9 Å². The van der Waals surface area contributed by atoms with Gasteiger partial charge in [0.25, 0.3) is 5.91 Å². The standard InChI is InChI=1S/C19H20N4O2/c1-13-2-4-16-14(10-13)11-17(22-16)19(24)21-15-3-5-18(20-12-15)23-6-8-25-9-7-23/h2-5,10-12,22H,6-9H2,1H3,(H,21,24). The van der Waals surface area contributed by atoms with Gasteiger partial charge in [0.05, 0.1) is 25.1 Å². The van der Waals surface area contributed by atoms with Gasteiger partial charge in [-0.25, -0.2) is 4.98 Å². The fourth-order valence-corrected chi connectivity index (χ4v) is 3.01. The molecule has 0 unspecified atom stereocenters. The summed E-state index contributed by atoms with van der Waals surface area (Å²) in [7, 11) is 0. The zero-order valence-corrected chi connectivity index (χ0v) is 14.1. The van der Waals surface area contributed by atoms with E-state index in [0.717, 1.165) is 43.0 Å². The minimum Gasteiger partial charge on any atom is -0.378 e. The molecule has 1 amide bonds. The van der Waals surface area contributed by atoms with Crippen molar-refractivity contribution in [2.45, 2.75) is 6.92 Å². The van der Waals surface area contributed by atoms with Crippen LogP contribution in [0, 0.1) is 6.92 Å². The van der Waals surface area contributed by atoms with Crippen LogP contribution < -0.4 is 10.2 Å². The average molecular weight is 336 g/mol. The number of benzene rings is 1. The molecule has 25 heavy (non-hydrogen) atoms. The first-order valence-corrected chi connectivity index (χ1v) is 8.38. The fourth-order valence-electron chi connectivity index (χ4n) is 3.01. The molecule has 1 aromatic carbocycles. The number of carbonyl (C=O) groups excluding carboxylic acids is 1. The lowest BCUT2D eigenvalue weighted by molar-refractivity contribution is 0.102. The lowest BCUT2D eigenvalue weighted by atomic mass is 10.2. The number of morpholine rings is 1. The van der Waals surface area contributed by atoms with Crippen molar-refractivity contribution in [2.75, 3.05) is 36.5 Å². The summed E-state index contributed by atoms with van der Waals surface area (Å²) in [5, 5.41) is 3.92. The van der Waals surface area contributed by atoms with Crippen LogP contribution in [-0.2, 0) is 4.74 Å². The van der Waals surface area contributed by atoms with Gasteiger partial charge in [-0.2, -0.15) is 0 Å². The number of nitrogens with zero attached hydrogens (tertiary/aromatic N) is 2. The maximum Gasteiger partial charge on any atom is 0.272 e. The second-order valence-electron chi connectivity index (χ2n) is 6.23. The molecule has 6 nitrogen and oxygen atoms in total. The highest BCUT2D eigenvalue weighted by atomic mass is 16.5. The lowest BCUT2D eigenvalue weighted by Gasteiger charge is -2.27. The zero-order chi connectivity index (χ0) is 17.2. The number of aromatic nitrogens is 2. The summed E-state index contributed by atoms with van der Waals surface area (Å²) in [5.74, 6) is 0.733. The largest absolute Gasteiger partial charge is 0.378 e. The number of aromatic amines is 1. The van der Waals surface area contributed by atoms with Crippen molar-refractivity contribution in [3.05, 3.63) is 53.9 Å². The molecule has 1 saturated heterocycles. The Morgan fingerprint density at radius 3 is 2.80 bits per heavy atom. The molecule has 2 aromatic heterocycles. The Labute approximate surface area is 145 Å². The maximum atomic E-state index is 12.5. The van der Waals surface area contributed by atoms with Gasteiger partial charge < -0.3 is 19.9 Å². The molecule has 0 aliphatic carbocycles. The van der Waals surface area contributed by atoms with Gasteiger partial charge in [-0.05, 0) is 37.3 Å². The van der Waals surface area contributed by atoms with Crippen LogP contribution in [0.4, 0.5) is 11.5 Å². The minimum absolute atomic E-state index is 0.172. The normalized spacial score (nSPS) is 14.7. The lowest BCUT2D eigenvalue weighted by Crippen LogP contribution is -2.36. The second kappa shape index (κ2) is 6.57. The van der Waals surface area contributed by atoms with Crippen molar-refractivity contribution in [1.29, 1.82) is 0 Å². The van der Waals surface area contributed by atoms with Crippen molar-refractivity contribution >= 4 is 28.3 Å². The van der Waals surface area contributed by atoms with Crippen molar-refractivity contribution in [1.82, 2.24) is 9.97 Å². The van der Waals surface area contributed by atoms with Crippen LogP contribution in [0.2, 0.25) is 0 Å². The van der Waals surface area contributed by atoms with E-state index in [1.54, 1.807) is 6.20 Å². The molecule has 3 aromatic rings. The number of hydrogen-bond donors (Lipinski definition) is 2. The first kappa shape index (κ1) is 15.7. The summed E-state index contributed by atoms with van der Waals surface area (Å²) in [5.41, 5.74) is 3.34. The number of ether oxygens (including phenoxy) is 1. The van der Waals surface area contributed by atoms with Gasteiger partial charge in [-0.3, -0.25) is 4.79 Å². The summed E-state index contributed by atoms with van der Waals surface area (Å²) < 4.78 is 5.35. The highest BCUT2D eigenvalue weighted by Gasteiger charge is 2.13. The Morgan fingerprint density at radius 1 is 1.20 bits per heavy atom. The van der Waals surface area contributed by atoms with Gasteiger partial charge in [0.15, 0.2) is 0 Å². The summed E-state index contributed by atoms with van der Waals surface area (Å²) >= 11 is 0. The number of amides is 1. The molecule has 0 atom stereocenters. The molecule has 0 spiro atoms. The fraction of sp³-hybridized carbons (Fsp3) is 0.263. The summed E-state index contributed by atoms with van der Waals surface area (Å²) in [4.78, 5) is 22.2. The van der Waals surface area contributed by atoms with E-state index in [2.05, 4.69) is 26.3 Å². The second-order valence-corrected chi connectivity index (χ2v) is 6.23. The van der Waals surface area contributed by atoms with E-state index in [1.807, 2.05) is 37.3 Å². The van der Waals surface area contributed by atoms with E-state index in [1.165, 1.54) is 5.56 Å². The SMILES string of the molecule is Cc1ccc2[nH]c(C(=O)Nc3ccc(N4CCOCC4)nc3)cc2c1. The molecule has 128 valence electrons. The predicted octanol–water partition coefficient (Wildman–Crippen LogP) is 2.96. The minimum atomic E-state index is -0.172. The van der Waals surface area contributed by atoms with Crippen LogP contribution >= 0.6 is 0 Å². The number of rotatable bonds is 3. The zero-order valence-electron chi connectivity index (χ0n) is 14.1. The molecular formula is C19H20N4O2. The topological polar surface area (TPSA) is 70.2 Å². The molecule has 2 N–H and O–H groups in total. The highest BCUT2D eigenvalue weighted by Crippen LogP contribution is 2.19. The highest BCUT2D eigenvalue weighted by molar-refractivity contribution is 6.05. The third-order valence-corrected chi connectivity index (χ3v) is 4.36. The molecule has 6 heteroatoms. The van der Waals surface area contributed by atoms with Gasteiger partial charge in [0, 0.05) is 24.0 Å². The molecule has 1 aliphatic heterocycles. The number of anilines is 2. The van der Waals surface area contributed by atoms with E-state index in [4.69, 9.17) is 4.74 Å². The van der Waals surface area contributed by atoms with Crippen molar-refractivity contribution < 1.29 is 9.53 Å². The monoisotopic (exact) mass is 336 g/mol. The van der Waals surface area contributed by atoms with Gasteiger partial charge in [-0.15, -0.1) is 0 Å². The number of nitrogens with one attached hydrogen (secondary N) is 2. The molecule has 1 aliphatic rings. The van der Waals surface area contributed by atoms with Crippen LogP contribution in [0.3, 0.4) is 0 Å². The van der Waals surface area contributed by atoms with Gasteiger partial charge >= 0.3 is 0 Å². The Hall–Kier alpha value is -2.86. The van der Waals surface area contributed by atoms with Crippen molar-refractivity contribution in [3.8, 4) is 0 Å². The first-order valence-electron chi connectivity index (χ1n) is 8.38. The van der Waals surface area contributed by atoms with Crippen molar-refractivity contribution in [3.63, 3.8) is 0 Å². The molecular weight excluding hydrogens is 316 g/mol. The summed E-state index contributed by atoms with van der Waals surface area (Å²) in [6.07, 6.45) is 1.69. The van der Waals surface area contributed by atoms with Crippen LogP contribution in [0.15, 0.2) is 42.6 Å². The Kier molecular flexibility index (Phi) is 4.11. The Morgan fingerprint density at radius 2 is 2.04 bits per heavy atom. The van der Waals surface area contributed by atoms with E-state index in [0.29, 0.717) is 11.4 Å². The van der Waals surface area contributed by atoms with E-state index < -0.39 is 0 Å². The average Bonchev–Trinajstić information content (AvgIpc) is 3.06. The van der Waals surface area contributed by atoms with Crippen LogP contribution in [-0.4, -0.2) is 42.2 Å². The Bertz CT molecular complexity index is 895. The van der Waals surface area contributed by atoms with Crippen molar-refractivity contribution in [2.24, 2.45) is 0 Å². The predicted molar refractivity (Wildman–Crippen MR) is 98.3 cm³/mol. The Balaban J connectivity index is 1.47. The molecule has 4 rings (SSSR count). The smallest absolute Gasteiger partial charge is 0.272 e. The van der Waals surface area contributed by atoms with E-state index >= 15 is 0 Å². The van der Waals surface area contributed by atoms with Crippen LogP contribution in [0.1, 0.15) is 16.1 Å². The number of aryl methyl sites for hydroxylation is 1. The maximum absolute atomic E-state index is 12.5. The number of H-pyrrole nitrogens is 1. The number of fused-ring (bicyclic) bond motifs is 1.